The first-order valence-corrected chi connectivity index (χ1v) is 7.35. The van der Waals surface area contributed by atoms with E-state index in [1.54, 1.807) is 6.07 Å². The van der Waals surface area contributed by atoms with Gasteiger partial charge >= 0.3 is 0 Å². The number of benzene rings is 1. The molecule has 1 aliphatic heterocycles. The second-order valence-corrected chi connectivity index (χ2v) is 6.28. The molecule has 19 heavy (non-hydrogen) atoms. The molecule has 1 aliphatic carbocycles. The molecule has 1 heterocycles. The van der Waals surface area contributed by atoms with Gasteiger partial charge in [-0.15, -0.1) is 0 Å². The topological polar surface area (TPSA) is 15.3 Å². The average molecular weight is 262 g/mol. The van der Waals surface area contributed by atoms with Crippen molar-refractivity contribution in [2.45, 2.75) is 38.6 Å². The molecule has 1 saturated carbocycles. The molecular weight excluding hydrogens is 239 g/mol. The average Bonchev–Trinajstić information content (AvgIpc) is 3.20. The van der Waals surface area contributed by atoms with Crippen LogP contribution in [0.2, 0.25) is 0 Å². The Balaban J connectivity index is 1.88. The minimum absolute atomic E-state index is 0.0946. The van der Waals surface area contributed by atoms with Gasteiger partial charge in [0.2, 0.25) is 0 Å². The molecule has 0 radical (unpaired) electrons. The van der Waals surface area contributed by atoms with Crippen LogP contribution in [0.5, 0.6) is 0 Å². The summed E-state index contributed by atoms with van der Waals surface area (Å²) in [5.41, 5.74) is 2.04. The predicted molar refractivity (Wildman–Crippen MR) is 77.1 cm³/mol. The Morgan fingerprint density at radius 1 is 1.37 bits per heavy atom. The molecule has 1 aromatic carbocycles. The number of rotatable bonds is 2. The number of hydrogen-bond donors (Lipinski definition) is 1. The van der Waals surface area contributed by atoms with Crippen LogP contribution in [0.3, 0.4) is 0 Å². The molecule has 0 spiro atoms. The van der Waals surface area contributed by atoms with E-state index in [1.807, 2.05) is 13.0 Å². The molecule has 2 nitrogen and oxygen atoms in total. The fourth-order valence-corrected chi connectivity index (χ4v) is 3.31. The number of anilines is 1. The molecule has 2 aliphatic rings. The van der Waals surface area contributed by atoms with E-state index in [0.717, 1.165) is 43.2 Å². The highest BCUT2D eigenvalue weighted by molar-refractivity contribution is 5.54. The summed E-state index contributed by atoms with van der Waals surface area (Å²) in [6.07, 6.45) is 3.79. The number of nitrogens with zero attached hydrogens (tertiary/aromatic N) is 1. The zero-order valence-corrected chi connectivity index (χ0v) is 11.9. The maximum Gasteiger partial charge on any atom is 0.128 e. The lowest BCUT2D eigenvalue weighted by molar-refractivity contribution is 0.331. The van der Waals surface area contributed by atoms with E-state index in [0.29, 0.717) is 0 Å². The van der Waals surface area contributed by atoms with Gasteiger partial charge in [0.15, 0.2) is 0 Å². The first-order chi connectivity index (χ1) is 9.10. The van der Waals surface area contributed by atoms with Gasteiger partial charge in [0.25, 0.3) is 0 Å². The molecule has 0 aromatic heterocycles. The molecular formula is C16H23FN2. The molecule has 1 atom stereocenters. The minimum atomic E-state index is -0.0946. The minimum Gasteiger partial charge on any atom is -0.369 e. The van der Waals surface area contributed by atoms with E-state index < -0.39 is 0 Å². The molecule has 1 unspecified atom stereocenters. The van der Waals surface area contributed by atoms with Crippen LogP contribution < -0.4 is 10.2 Å². The third-order valence-electron chi connectivity index (χ3n) is 4.71. The summed E-state index contributed by atoms with van der Waals surface area (Å²) in [6.45, 7) is 7.29. The monoisotopic (exact) mass is 262 g/mol. The number of halogens is 1. The van der Waals surface area contributed by atoms with E-state index in [-0.39, 0.29) is 11.4 Å². The summed E-state index contributed by atoms with van der Waals surface area (Å²) in [5.74, 6) is 0.699. The van der Waals surface area contributed by atoms with Crippen molar-refractivity contribution < 1.29 is 4.39 Å². The molecule has 1 aromatic rings. The van der Waals surface area contributed by atoms with Crippen molar-refractivity contribution in [2.75, 3.05) is 24.5 Å². The van der Waals surface area contributed by atoms with Crippen LogP contribution >= 0.6 is 0 Å². The third kappa shape index (κ3) is 2.48. The lowest BCUT2D eigenvalue weighted by atomic mass is 9.95. The zero-order valence-electron chi connectivity index (χ0n) is 11.9. The molecule has 3 rings (SSSR count). The summed E-state index contributed by atoms with van der Waals surface area (Å²) in [7, 11) is 0. The summed E-state index contributed by atoms with van der Waals surface area (Å²) in [5, 5.41) is 3.72. The summed E-state index contributed by atoms with van der Waals surface area (Å²) < 4.78 is 13.8. The third-order valence-corrected chi connectivity index (χ3v) is 4.71. The highest BCUT2D eigenvalue weighted by atomic mass is 19.1. The maximum atomic E-state index is 13.8. The van der Waals surface area contributed by atoms with Crippen LogP contribution in [0.1, 0.15) is 31.7 Å². The van der Waals surface area contributed by atoms with E-state index >= 15 is 0 Å². The summed E-state index contributed by atoms with van der Waals surface area (Å²) >= 11 is 0. The van der Waals surface area contributed by atoms with Gasteiger partial charge < -0.3 is 10.2 Å². The Morgan fingerprint density at radius 3 is 2.89 bits per heavy atom. The van der Waals surface area contributed by atoms with E-state index in [4.69, 9.17) is 0 Å². The quantitative estimate of drug-likeness (QED) is 0.881. The van der Waals surface area contributed by atoms with Crippen molar-refractivity contribution in [2.24, 2.45) is 5.92 Å². The van der Waals surface area contributed by atoms with Gasteiger partial charge in [0.1, 0.15) is 5.82 Å². The zero-order chi connectivity index (χ0) is 13.5. The Hall–Kier alpha value is -1.09. The first kappa shape index (κ1) is 12.9. The van der Waals surface area contributed by atoms with E-state index in [9.17, 15) is 4.39 Å². The largest absolute Gasteiger partial charge is 0.369 e. The second kappa shape index (κ2) is 4.78. The van der Waals surface area contributed by atoms with Crippen molar-refractivity contribution in [3.8, 4) is 0 Å². The highest BCUT2D eigenvalue weighted by Crippen LogP contribution is 2.41. The number of hydrogen-bond acceptors (Lipinski definition) is 2. The fourth-order valence-electron chi connectivity index (χ4n) is 3.31. The first-order valence-electron chi connectivity index (χ1n) is 7.35. The fraction of sp³-hybridized carbons (Fsp3) is 0.625. The van der Waals surface area contributed by atoms with Crippen LogP contribution in [0.4, 0.5) is 10.1 Å². The molecule has 0 bridgehead atoms. The SMILES string of the molecule is Cc1c(F)cccc1N1CCCNC(C)(C2CC2)C1. The van der Waals surface area contributed by atoms with Crippen LogP contribution in [-0.2, 0) is 0 Å². The van der Waals surface area contributed by atoms with Gasteiger partial charge in [0.05, 0.1) is 0 Å². The van der Waals surface area contributed by atoms with Gasteiger partial charge in [-0.3, -0.25) is 0 Å². The van der Waals surface area contributed by atoms with Gasteiger partial charge in [-0.05, 0) is 57.7 Å². The highest BCUT2D eigenvalue weighted by Gasteiger charge is 2.43. The van der Waals surface area contributed by atoms with Crippen LogP contribution in [-0.4, -0.2) is 25.2 Å². The Bertz CT molecular complexity index is 470. The van der Waals surface area contributed by atoms with Crippen molar-refractivity contribution in [3.05, 3.63) is 29.6 Å². The lowest BCUT2D eigenvalue weighted by Crippen LogP contribution is -2.51. The van der Waals surface area contributed by atoms with Gasteiger partial charge in [-0.2, -0.15) is 0 Å². The van der Waals surface area contributed by atoms with Crippen LogP contribution in [0.15, 0.2) is 18.2 Å². The van der Waals surface area contributed by atoms with Gasteiger partial charge in [0, 0.05) is 29.9 Å². The maximum absolute atomic E-state index is 13.8. The van der Waals surface area contributed by atoms with Crippen molar-refractivity contribution in [1.29, 1.82) is 0 Å². The van der Waals surface area contributed by atoms with Gasteiger partial charge in [-0.25, -0.2) is 4.39 Å². The van der Waals surface area contributed by atoms with Crippen molar-refractivity contribution >= 4 is 5.69 Å². The second-order valence-electron chi connectivity index (χ2n) is 6.28. The predicted octanol–water partition coefficient (Wildman–Crippen LogP) is 3.10. The summed E-state index contributed by atoms with van der Waals surface area (Å²) in [4.78, 5) is 2.37. The van der Waals surface area contributed by atoms with Crippen LogP contribution in [0.25, 0.3) is 0 Å². The van der Waals surface area contributed by atoms with E-state index in [2.05, 4.69) is 23.2 Å². The summed E-state index contributed by atoms with van der Waals surface area (Å²) in [6, 6.07) is 5.43. The molecule has 1 N–H and O–H groups in total. The Morgan fingerprint density at radius 2 is 2.16 bits per heavy atom. The molecule has 2 fully saturated rings. The smallest absolute Gasteiger partial charge is 0.128 e. The Labute approximate surface area is 115 Å². The molecule has 104 valence electrons. The molecule has 3 heteroatoms. The Kier molecular flexibility index (Phi) is 3.25. The van der Waals surface area contributed by atoms with Crippen molar-refractivity contribution in [1.82, 2.24) is 5.32 Å². The van der Waals surface area contributed by atoms with Crippen LogP contribution in [0, 0.1) is 18.7 Å². The van der Waals surface area contributed by atoms with Gasteiger partial charge in [-0.1, -0.05) is 6.07 Å². The van der Waals surface area contributed by atoms with E-state index in [1.165, 1.54) is 12.8 Å². The number of nitrogens with one attached hydrogen (secondary N) is 1. The molecule has 1 saturated heterocycles. The normalized spacial score (nSPS) is 28.3. The molecule has 0 amide bonds. The van der Waals surface area contributed by atoms with Crippen molar-refractivity contribution in [3.63, 3.8) is 0 Å². The standard InChI is InChI=1S/C16H23FN2/c1-12-14(17)5-3-6-15(12)19-10-4-9-18-16(2,11-19)13-7-8-13/h3,5-6,13,18H,4,7-11H2,1-2H3. The lowest BCUT2D eigenvalue weighted by Gasteiger charge is -2.35.